The van der Waals surface area contributed by atoms with Gasteiger partial charge in [-0.2, -0.15) is 0 Å². The lowest BCUT2D eigenvalue weighted by Gasteiger charge is -2.12. The van der Waals surface area contributed by atoms with Crippen LogP contribution in [0.1, 0.15) is 40.9 Å². The van der Waals surface area contributed by atoms with Crippen LogP contribution in [0.25, 0.3) is 10.9 Å². The molecule has 0 saturated heterocycles. The fourth-order valence-corrected chi connectivity index (χ4v) is 3.67. The monoisotopic (exact) mass is 414 g/mol. The number of phenolic OH excluding ortho intramolecular Hbond substituents is 1. The van der Waals surface area contributed by atoms with E-state index in [0.717, 1.165) is 4.47 Å². The van der Waals surface area contributed by atoms with Crippen molar-refractivity contribution in [3.63, 3.8) is 0 Å². The molecule has 0 aliphatic heterocycles. The minimum absolute atomic E-state index is 0.0753. The SMILES string of the molecule is CCC(C(N)=O)c1c(C)n(C(=O)c2ccc(Br)cc2)c2ccc(O)cc12. The first-order valence-electron chi connectivity index (χ1n) is 8.28. The quantitative estimate of drug-likeness (QED) is 0.673. The second-order valence-corrected chi connectivity index (χ2v) is 7.13. The predicted molar refractivity (Wildman–Crippen MR) is 104 cm³/mol. The minimum atomic E-state index is -0.529. The molecule has 3 aromatic rings. The zero-order chi connectivity index (χ0) is 19.0. The number of carbonyl (C=O) groups is 2. The van der Waals surface area contributed by atoms with Gasteiger partial charge in [0, 0.05) is 21.1 Å². The van der Waals surface area contributed by atoms with Gasteiger partial charge in [-0.3, -0.25) is 14.2 Å². The molecule has 3 N–H and O–H groups in total. The fraction of sp³-hybridized carbons (Fsp3) is 0.200. The Morgan fingerprint density at radius 1 is 1.19 bits per heavy atom. The molecule has 5 nitrogen and oxygen atoms in total. The molecule has 0 radical (unpaired) electrons. The van der Waals surface area contributed by atoms with E-state index in [1.165, 1.54) is 6.07 Å². The maximum atomic E-state index is 13.1. The number of amides is 1. The van der Waals surface area contributed by atoms with Crippen LogP contribution < -0.4 is 5.73 Å². The van der Waals surface area contributed by atoms with E-state index in [2.05, 4.69) is 15.9 Å². The van der Waals surface area contributed by atoms with E-state index in [0.29, 0.717) is 34.1 Å². The van der Waals surface area contributed by atoms with Crippen LogP contribution in [0.3, 0.4) is 0 Å². The topological polar surface area (TPSA) is 85.3 Å². The van der Waals surface area contributed by atoms with Crippen LogP contribution in [0.2, 0.25) is 0 Å². The van der Waals surface area contributed by atoms with E-state index in [1.807, 2.05) is 6.92 Å². The van der Waals surface area contributed by atoms with Gasteiger partial charge in [0.05, 0.1) is 11.4 Å². The molecule has 6 heteroatoms. The molecule has 1 aromatic heterocycles. The third-order valence-corrected chi connectivity index (χ3v) is 5.16. The van der Waals surface area contributed by atoms with Gasteiger partial charge in [-0.05, 0) is 61.4 Å². The number of aromatic hydroxyl groups is 1. The van der Waals surface area contributed by atoms with Crippen molar-refractivity contribution in [2.75, 3.05) is 0 Å². The number of nitrogens with zero attached hydrogens (tertiary/aromatic N) is 1. The van der Waals surface area contributed by atoms with Crippen molar-refractivity contribution in [2.45, 2.75) is 26.2 Å². The van der Waals surface area contributed by atoms with Crippen LogP contribution >= 0.6 is 15.9 Å². The van der Waals surface area contributed by atoms with Crippen LogP contribution in [0.5, 0.6) is 5.75 Å². The number of halogens is 1. The van der Waals surface area contributed by atoms with Gasteiger partial charge in [-0.15, -0.1) is 0 Å². The number of aromatic nitrogens is 1. The van der Waals surface area contributed by atoms with Crippen molar-refractivity contribution < 1.29 is 14.7 Å². The van der Waals surface area contributed by atoms with Gasteiger partial charge in [-0.1, -0.05) is 22.9 Å². The van der Waals surface area contributed by atoms with Crippen LogP contribution in [-0.2, 0) is 4.79 Å². The van der Waals surface area contributed by atoms with E-state index < -0.39 is 11.8 Å². The van der Waals surface area contributed by atoms with E-state index >= 15 is 0 Å². The lowest BCUT2D eigenvalue weighted by atomic mass is 9.93. The van der Waals surface area contributed by atoms with Crippen molar-refractivity contribution in [3.05, 3.63) is 63.8 Å². The molecule has 134 valence electrons. The first-order valence-corrected chi connectivity index (χ1v) is 9.08. The van der Waals surface area contributed by atoms with E-state index in [9.17, 15) is 14.7 Å². The summed E-state index contributed by atoms with van der Waals surface area (Å²) in [7, 11) is 0. The third kappa shape index (κ3) is 3.01. The Hall–Kier alpha value is -2.60. The second-order valence-electron chi connectivity index (χ2n) is 6.21. The van der Waals surface area contributed by atoms with Crippen LogP contribution in [-0.4, -0.2) is 21.5 Å². The summed E-state index contributed by atoms with van der Waals surface area (Å²) in [6.07, 6.45) is 0.511. The molecule has 3 rings (SSSR count). The standard InChI is InChI=1S/C20H19BrN2O3/c1-3-15(19(22)25)18-11(2)23(17-9-8-14(24)10-16(17)18)20(26)12-4-6-13(21)7-5-12/h4-10,15,24H,3H2,1-2H3,(H2,22,25). The Kier molecular flexibility index (Phi) is 4.87. The highest BCUT2D eigenvalue weighted by Gasteiger charge is 2.27. The van der Waals surface area contributed by atoms with Crippen LogP contribution in [0.4, 0.5) is 0 Å². The van der Waals surface area contributed by atoms with Crippen LogP contribution in [0.15, 0.2) is 46.9 Å². The van der Waals surface area contributed by atoms with Gasteiger partial charge in [0.1, 0.15) is 5.75 Å². The number of benzene rings is 2. The van der Waals surface area contributed by atoms with Crippen molar-refractivity contribution in [2.24, 2.45) is 5.73 Å². The molecular weight excluding hydrogens is 396 g/mol. The molecule has 1 amide bonds. The van der Waals surface area contributed by atoms with Gasteiger partial charge in [-0.25, -0.2) is 0 Å². The molecule has 1 heterocycles. The minimum Gasteiger partial charge on any atom is -0.508 e. The second kappa shape index (κ2) is 6.96. The summed E-state index contributed by atoms with van der Waals surface area (Å²) in [5, 5.41) is 10.6. The number of hydrogen-bond donors (Lipinski definition) is 2. The Labute approximate surface area is 159 Å². The largest absolute Gasteiger partial charge is 0.508 e. The first kappa shape index (κ1) is 18.2. The molecule has 0 spiro atoms. The van der Waals surface area contributed by atoms with Gasteiger partial charge in [0.2, 0.25) is 5.91 Å². The van der Waals surface area contributed by atoms with Crippen LogP contribution in [0, 0.1) is 6.92 Å². The van der Waals surface area contributed by atoms with Gasteiger partial charge < -0.3 is 10.8 Å². The summed E-state index contributed by atoms with van der Waals surface area (Å²) in [5.41, 5.74) is 8.11. The molecule has 1 atom stereocenters. The number of carbonyl (C=O) groups excluding carboxylic acids is 2. The molecule has 0 fully saturated rings. The summed E-state index contributed by atoms with van der Waals surface area (Å²) in [4.78, 5) is 25.1. The Balaban J connectivity index is 2.29. The summed E-state index contributed by atoms with van der Waals surface area (Å²) in [6.45, 7) is 3.67. The van der Waals surface area contributed by atoms with Crippen molar-refractivity contribution >= 4 is 38.6 Å². The smallest absolute Gasteiger partial charge is 0.262 e. The maximum Gasteiger partial charge on any atom is 0.262 e. The number of primary amides is 1. The Bertz CT molecular complexity index is 1010. The number of hydrogen-bond acceptors (Lipinski definition) is 3. The van der Waals surface area contributed by atoms with Crippen molar-refractivity contribution in [1.82, 2.24) is 4.57 Å². The molecule has 26 heavy (non-hydrogen) atoms. The average Bonchev–Trinajstić information content (AvgIpc) is 2.87. The summed E-state index contributed by atoms with van der Waals surface area (Å²) in [6, 6.07) is 11.9. The lowest BCUT2D eigenvalue weighted by Crippen LogP contribution is -2.22. The number of fused-ring (bicyclic) bond motifs is 1. The lowest BCUT2D eigenvalue weighted by molar-refractivity contribution is -0.119. The third-order valence-electron chi connectivity index (χ3n) is 4.63. The van der Waals surface area contributed by atoms with Gasteiger partial charge in [0.25, 0.3) is 5.91 Å². The molecule has 0 saturated carbocycles. The summed E-state index contributed by atoms with van der Waals surface area (Å²) in [5.74, 6) is -1.10. The number of nitrogens with two attached hydrogens (primary N) is 1. The van der Waals surface area contributed by atoms with E-state index in [1.54, 1.807) is 47.9 Å². The van der Waals surface area contributed by atoms with Gasteiger partial charge >= 0.3 is 0 Å². The number of rotatable bonds is 4. The normalized spacial score (nSPS) is 12.3. The summed E-state index contributed by atoms with van der Waals surface area (Å²) >= 11 is 3.36. The highest BCUT2D eigenvalue weighted by molar-refractivity contribution is 9.10. The zero-order valence-corrected chi connectivity index (χ0v) is 16.1. The number of phenols is 1. The Morgan fingerprint density at radius 3 is 2.42 bits per heavy atom. The van der Waals surface area contributed by atoms with Gasteiger partial charge in [0.15, 0.2) is 0 Å². The molecule has 2 aromatic carbocycles. The average molecular weight is 415 g/mol. The molecular formula is C20H19BrN2O3. The van der Waals surface area contributed by atoms with E-state index in [4.69, 9.17) is 5.73 Å². The molecule has 0 aliphatic rings. The maximum absolute atomic E-state index is 13.1. The highest BCUT2D eigenvalue weighted by Crippen LogP contribution is 2.35. The Morgan fingerprint density at radius 2 is 1.85 bits per heavy atom. The fourth-order valence-electron chi connectivity index (χ4n) is 3.40. The highest BCUT2D eigenvalue weighted by atomic mass is 79.9. The van der Waals surface area contributed by atoms with Crippen molar-refractivity contribution in [1.29, 1.82) is 0 Å². The molecule has 0 aliphatic carbocycles. The van der Waals surface area contributed by atoms with E-state index in [-0.39, 0.29) is 11.7 Å². The summed E-state index contributed by atoms with van der Waals surface area (Å²) < 4.78 is 2.47. The first-order chi connectivity index (χ1) is 12.3. The predicted octanol–water partition coefficient (Wildman–Crippen LogP) is 4.09. The van der Waals surface area contributed by atoms with Crippen molar-refractivity contribution in [3.8, 4) is 5.75 Å². The molecule has 1 unspecified atom stereocenters. The molecule has 0 bridgehead atoms. The zero-order valence-electron chi connectivity index (χ0n) is 14.5.